The Bertz CT molecular complexity index is 1210. The van der Waals surface area contributed by atoms with E-state index in [0.717, 1.165) is 25.5 Å². The Kier molecular flexibility index (Phi) is 7.57. The predicted octanol–water partition coefficient (Wildman–Crippen LogP) is 3.93. The molecule has 2 aliphatic rings. The lowest BCUT2D eigenvalue weighted by atomic mass is 9.94. The summed E-state index contributed by atoms with van der Waals surface area (Å²) in [4.78, 5) is 40.3. The van der Waals surface area contributed by atoms with E-state index < -0.39 is 11.6 Å². The first-order chi connectivity index (χ1) is 17.9. The number of nitrogens with zero attached hydrogens (tertiary/aromatic N) is 1. The molecule has 194 valence electrons. The molecular formula is C28H30N2O5S2. The largest absolute Gasteiger partial charge is 0.459 e. The number of thiophene rings is 2. The Morgan fingerprint density at radius 3 is 2.51 bits per heavy atom. The van der Waals surface area contributed by atoms with E-state index in [1.165, 1.54) is 22.7 Å². The third-order valence-corrected chi connectivity index (χ3v) is 9.65. The second kappa shape index (κ2) is 10.9. The molecule has 2 N–H and O–H groups in total. The number of rotatable bonds is 10. The molecule has 3 aromatic rings. The Labute approximate surface area is 224 Å². The molecule has 37 heavy (non-hydrogen) atoms. The highest BCUT2D eigenvalue weighted by molar-refractivity contribution is 7.12. The fourth-order valence-electron chi connectivity index (χ4n) is 5.79. The van der Waals surface area contributed by atoms with E-state index in [-0.39, 0.29) is 29.9 Å². The molecule has 0 radical (unpaired) electrons. The lowest BCUT2D eigenvalue weighted by Crippen LogP contribution is -2.43. The molecule has 4 atom stereocenters. The summed E-state index contributed by atoms with van der Waals surface area (Å²) in [7, 11) is 2.04. The molecule has 0 spiro atoms. The third kappa shape index (κ3) is 5.01. The molecule has 2 aromatic heterocycles. The van der Waals surface area contributed by atoms with E-state index in [4.69, 9.17) is 4.74 Å². The molecule has 7 nitrogen and oxygen atoms in total. The van der Waals surface area contributed by atoms with Crippen molar-refractivity contribution < 1.29 is 24.2 Å². The maximum Gasteiger partial charge on any atom is 0.349 e. The van der Waals surface area contributed by atoms with Crippen LogP contribution in [0.3, 0.4) is 0 Å². The lowest BCUT2D eigenvalue weighted by molar-refractivity contribution is -0.170. The highest BCUT2D eigenvalue weighted by Gasteiger charge is 2.54. The summed E-state index contributed by atoms with van der Waals surface area (Å²) >= 11 is 2.69. The molecule has 2 heterocycles. The molecule has 2 fully saturated rings. The number of fused-ring (bicyclic) bond motifs is 2. The van der Waals surface area contributed by atoms with Gasteiger partial charge >= 0.3 is 5.97 Å². The monoisotopic (exact) mass is 538 g/mol. The molecule has 9 heteroatoms. The van der Waals surface area contributed by atoms with E-state index in [1.54, 1.807) is 36.4 Å². The minimum Gasteiger partial charge on any atom is -0.459 e. The molecule has 1 amide bonds. The minimum atomic E-state index is -1.79. The molecule has 5 rings (SSSR count). The van der Waals surface area contributed by atoms with Crippen molar-refractivity contribution in [1.82, 2.24) is 10.2 Å². The first kappa shape index (κ1) is 25.8. The van der Waals surface area contributed by atoms with Crippen LogP contribution >= 0.6 is 22.7 Å². The van der Waals surface area contributed by atoms with Crippen LogP contribution in [-0.2, 0) is 15.1 Å². The fourth-order valence-corrected chi connectivity index (χ4v) is 7.50. The summed E-state index contributed by atoms with van der Waals surface area (Å²) in [5, 5.41) is 18.2. The summed E-state index contributed by atoms with van der Waals surface area (Å²) in [5.41, 5.74) is -0.863. The number of aldehydes is 1. The van der Waals surface area contributed by atoms with Crippen molar-refractivity contribution in [2.24, 2.45) is 11.8 Å². The second-order valence-corrected chi connectivity index (χ2v) is 11.7. The van der Waals surface area contributed by atoms with Gasteiger partial charge < -0.3 is 20.1 Å². The molecule has 2 saturated carbocycles. The summed E-state index contributed by atoms with van der Waals surface area (Å²) < 4.78 is 6.11. The minimum absolute atomic E-state index is 0.190. The van der Waals surface area contributed by atoms with Crippen LogP contribution in [-0.4, -0.2) is 60.5 Å². The number of aliphatic hydroxyl groups is 1. The van der Waals surface area contributed by atoms with Crippen molar-refractivity contribution in [2.45, 2.75) is 37.0 Å². The summed E-state index contributed by atoms with van der Waals surface area (Å²) in [6.07, 6.45) is 3.40. The van der Waals surface area contributed by atoms with Gasteiger partial charge in [-0.15, -0.1) is 22.7 Å². The van der Waals surface area contributed by atoms with Crippen LogP contribution < -0.4 is 5.32 Å². The number of ether oxygens (including phenoxy) is 1. The van der Waals surface area contributed by atoms with Crippen molar-refractivity contribution in [1.29, 1.82) is 0 Å². The van der Waals surface area contributed by atoms with Gasteiger partial charge in [-0.1, -0.05) is 24.3 Å². The van der Waals surface area contributed by atoms with Gasteiger partial charge in [0.15, 0.2) is 0 Å². The van der Waals surface area contributed by atoms with Crippen LogP contribution in [0.2, 0.25) is 0 Å². The summed E-state index contributed by atoms with van der Waals surface area (Å²) in [5.74, 6) is -0.362. The van der Waals surface area contributed by atoms with Crippen LogP contribution in [0.15, 0.2) is 59.3 Å². The average molecular weight is 539 g/mol. The van der Waals surface area contributed by atoms with E-state index in [9.17, 15) is 19.5 Å². The second-order valence-electron chi connectivity index (χ2n) is 9.82. The van der Waals surface area contributed by atoms with Crippen molar-refractivity contribution in [2.75, 3.05) is 20.1 Å². The molecule has 2 aliphatic carbocycles. The van der Waals surface area contributed by atoms with E-state index in [0.29, 0.717) is 34.0 Å². The van der Waals surface area contributed by atoms with Crippen molar-refractivity contribution in [3.05, 3.63) is 80.2 Å². The van der Waals surface area contributed by atoms with E-state index in [1.807, 2.05) is 29.9 Å². The van der Waals surface area contributed by atoms with Gasteiger partial charge in [-0.3, -0.25) is 9.59 Å². The van der Waals surface area contributed by atoms with Gasteiger partial charge in [0.2, 0.25) is 5.60 Å². The van der Waals surface area contributed by atoms with Crippen molar-refractivity contribution >= 4 is 40.8 Å². The molecule has 0 unspecified atom stereocenters. The number of hydrogen-bond acceptors (Lipinski definition) is 8. The van der Waals surface area contributed by atoms with Crippen LogP contribution in [0.4, 0.5) is 0 Å². The van der Waals surface area contributed by atoms with Crippen LogP contribution in [0.5, 0.6) is 0 Å². The standard InChI is InChI=1S/C28H30N2O5S2/c1-30(12-11-29-26(32)20-6-2-5-18(15-20)17-31)22-16-19-9-10-21(22)25(19)35-27(33)28(34,23-7-3-13-36-23)24-8-4-14-37-24/h2-8,13-15,17,19,21-22,25,34H,9-12,16H2,1H3,(H,29,32)/t19-,21+,22+,25-/m1/s1. The van der Waals surface area contributed by atoms with Gasteiger partial charge in [0.25, 0.3) is 5.91 Å². The third-order valence-electron chi connectivity index (χ3n) is 7.69. The Balaban J connectivity index is 1.20. The number of amides is 1. The Hall–Kier alpha value is -2.85. The van der Waals surface area contributed by atoms with Crippen molar-refractivity contribution in [3.63, 3.8) is 0 Å². The number of carbonyl (C=O) groups excluding carboxylic acids is 3. The number of hydrogen-bond donors (Lipinski definition) is 2. The Morgan fingerprint density at radius 2 is 1.86 bits per heavy atom. The number of nitrogens with one attached hydrogen (secondary N) is 1. The van der Waals surface area contributed by atoms with Crippen LogP contribution in [0, 0.1) is 11.8 Å². The highest BCUT2D eigenvalue weighted by atomic mass is 32.1. The predicted molar refractivity (Wildman–Crippen MR) is 143 cm³/mol. The van der Waals surface area contributed by atoms with Gasteiger partial charge in [-0.05, 0) is 67.3 Å². The van der Waals surface area contributed by atoms with Gasteiger partial charge in [-0.2, -0.15) is 0 Å². The molecule has 1 aromatic carbocycles. The molecule has 2 bridgehead atoms. The van der Waals surface area contributed by atoms with E-state index >= 15 is 0 Å². The molecule has 0 aliphatic heterocycles. The highest BCUT2D eigenvalue weighted by Crippen LogP contribution is 2.49. The maximum absolute atomic E-state index is 13.5. The molecule has 0 saturated heterocycles. The van der Waals surface area contributed by atoms with Crippen LogP contribution in [0.1, 0.15) is 49.7 Å². The first-order valence-electron chi connectivity index (χ1n) is 12.5. The topological polar surface area (TPSA) is 95.9 Å². The fraction of sp³-hybridized carbons (Fsp3) is 0.393. The zero-order valence-electron chi connectivity index (χ0n) is 20.5. The number of carbonyl (C=O) groups is 3. The molecular weight excluding hydrogens is 508 g/mol. The number of likely N-dealkylation sites (N-methyl/N-ethyl adjacent to an activating group) is 1. The van der Waals surface area contributed by atoms with E-state index in [2.05, 4.69) is 10.2 Å². The van der Waals surface area contributed by atoms with Crippen LogP contribution in [0.25, 0.3) is 0 Å². The average Bonchev–Trinajstić information content (AvgIpc) is 3.74. The Morgan fingerprint density at radius 1 is 1.14 bits per heavy atom. The van der Waals surface area contributed by atoms with Gasteiger partial charge in [-0.25, -0.2) is 4.79 Å². The summed E-state index contributed by atoms with van der Waals surface area (Å²) in [6, 6.07) is 14.1. The number of esters is 1. The zero-order valence-corrected chi connectivity index (χ0v) is 22.2. The quantitative estimate of drug-likeness (QED) is 0.300. The normalized spacial score (nSPS) is 22.8. The van der Waals surface area contributed by atoms with Gasteiger partial charge in [0.05, 0.1) is 9.75 Å². The summed E-state index contributed by atoms with van der Waals surface area (Å²) in [6.45, 7) is 1.12. The maximum atomic E-state index is 13.5. The van der Waals surface area contributed by atoms with Gasteiger partial charge in [0, 0.05) is 36.2 Å². The lowest BCUT2D eigenvalue weighted by Gasteiger charge is -2.32. The van der Waals surface area contributed by atoms with Crippen molar-refractivity contribution in [3.8, 4) is 0 Å². The smallest absolute Gasteiger partial charge is 0.349 e. The first-order valence-corrected chi connectivity index (χ1v) is 14.2. The zero-order chi connectivity index (χ0) is 26.0. The van der Waals surface area contributed by atoms with Gasteiger partial charge in [0.1, 0.15) is 12.4 Å². The SMILES string of the molecule is CN(CCNC(=O)c1cccc(C=O)c1)[C@H]1C[C@H]2CC[C@@H]1[C@@H]2OC(=O)C(O)(c1cccs1)c1cccs1. The number of benzene rings is 1.